The van der Waals surface area contributed by atoms with E-state index in [0.717, 1.165) is 39.4 Å². The van der Waals surface area contributed by atoms with Gasteiger partial charge in [-0.15, -0.1) is 0 Å². The van der Waals surface area contributed by atoms with Crippen LogP contribution in [-0.2, 0) is 11.3 Å². The van der Waals surface area contributed by atoms with E-state index in [4.69, 9.17) is 9.84 Å². The smallest absolute Gasteiger partial charge is 0.153 e. The summed E-state index contributed by atoms with van der Waals surface area (Å²) in [6, 6.07) is 0. The highest BCUT2D eigenvalue weighted by Crippen LogP contribution is 2.04. The lowest BCUT2D eigenvalue weighted by atomic mass is 10.4. The second-order valence-corrected chi connectivity index (χ2v) is 3.42. The fourth-order valence-corrected chi connectivity index (χ4v) is 1.54. The quantitative estimate of drug-likeness (QED) is 0.835. The molecule has 0 amide bonds. The molecule has 0 unspecified atom stereocenters. The first-order valence-corrected chi connectivity index (χ1v) is 5.86. The molecule has 2 rings (SSSR count). The molecule has 0 spiro atoms. The number of hydrogen-bond donors (Lipinski definition) is 1. The normalized spacial score (nSPS) is 16.6. The van der Waals surface area contributed by atoms with Crippen molar-refractivity contribution < 1.29 is 9.84 Å². The van der Waals surface area contributed by atoms with Gasteiger partial charge in [-0.2, -0.15) is 5.10 Å². The van der Waals surface area contributed by atoms with E-state index in [1.807, 2.05) is 13.8 Å². The van der Waals surface area contributed by atoms with Crippen molar-refractivity contribution in [2.24, 2.45) is 0 Å². The minimum Gasteiger partial charge on any atom is -0.505 e. The van der Waals surface area contributed by atoms with Crippen molar-refractivity contribution in [1.82, 2.24) is 14.7 Å². The molecule has 16 heavy (non-hydrogen) atoms. The van der Waals surface area contributed by atoms with Crippen LogP contribution in [0.1, 0.15) is 13.8 Å². The van der Waals surface area contributed by atoms with Gasteiger partial charge in [0.15, 0.2) is 5.75 Å². The predicted molar refractivity (Wildman–Crippen MR) is 62.5 cm³/mol. The van der Waals surface area contributed by atoms with Crippen LogP contribution in [0.3, 0.4) is 0 Å². The molecule has 1 aromatic heterocycles. The Labute approximate surface area is 96.6 Å². The Hall–Kier alpha value is -1.07. The van der Waals surface area contributed by atoms with E-state index in [9.17, 15) is 0 Å². The van der Waals surface area contributed by atoms with Crippen molar-refractivity contribution in [3.8, 4) is 5.75 Å². The first kappa shape index (κ1) is 13.0. The third kappa shape index (κ3) is 4.20. The lowest BCUT2D eigenvalue weighted by Crippen LogP contribution is -2.38. The monoisotopic (exact) mass is 227 g/mol. The van der Waals surface area contributed by atoms with E-state index >= 15 is 0 Å². The molecule has 1 aromatic rings. The highest BCUT2D eigenvalue weighted by Gasteiger charge is 2.09. The Kier molecular flexibility index (Phi) is 5.88. The van der Waals surface area contributed by atoms with Crippen molar-refractivity contribution in [1.29, 1.82) is 0 Å². The molecule has 1 aliphatic rings. The van der Waals surface area contributed by atoms with Gasteiger partial charge < -0.3 is 9.84 Å². The molecule has 1 fully saturated rings. The van der Waals surface area contributed by atoms with E-state index in [1.165, 1.54) is 6.20 Å². The third-order valence-corrected chi connectivity index (χ3v) is 2.37. The summed E-state index contributed by atoms with van der Waals surface area (Å²) in [6.45, 7) is 9.42. The SMILES string of the molecule is CC.Oc1cnn(CCN2CCOCC2)c1. The largest absolute Gasteiger partial charge is 0.505 e. The zero-order valence-corrected chi connectivity index (χ0v) is 10.1. The summed E-state index contributed by atoms with van der Waals surface area (Å²) in [5.41, 5.74) is 0. The van der Waals surface area contributed by atoms with Crippen molar-refractivity contribution >= 4 is 0 Å². The van der Waals surface area contributed by atoms with Crippen LogP contribution in [0, 0.1) is 0 Å². The van der Waals surface area contributed by atoms with E-state index in [-0.39, 0.29) is 5.75 Å². The van der Waals surface area contributed by atoms with Crippen LogP contribution in [0.5, 0.6) is 5.75 Å². The molecule has 92 valence electrons. The molecule has 0 radical (unpaired) electrons. The van der Waals surface area contributed by atoms with Crippen LogP contribution in [0.25, 0.3) is 0 Å². The number of ether oxygens (including phenoxy) is 1. The molecule has 0 aliphatic carbocycles. The first-order valence-electron chi connectivity index (χ1n) is 5.86. The van der Waals surface area contributed by atoms with Gasteiger partial charge in [-0.3, -0.25) is 9.58 Å². The third-order valence-electron chi connectivity index (χ3n) is 2.37. The predicted octanol–water partition coefficient (Wildman–Crippen LogP) is 0.947. The molecule has 1 aliphatic heterocycles. The van der Waals surface area contributed by atoms with E-state index in [0.29, 0.717) is 0 Å². The molecule has 0 bridgehead atoms. The zero-order valence-electron chi connectivity index (χ0n) is 10.1. The van der Waals surface area contributed by atoms with E-state index in [2.05, 4.69) is 10.00 Å². The molecular formula is C11H21N3O2. The van der Waals surface area contributed by atoms with Crippen LogP contribution in [0.2, 0.25) is 0 Å². The summed E-state index contributed by atoms with van der Waals surface area (Å²) in [7, 11) is 0. The van der Waals surface area contributed by atoms with E-state index in [1.54, 1.807) is 10.9 Å². The lowest BCUT2D eigenvalue weighted by molar-refractivity contribution is 0.0359. The Morgan fingerprint density at radius 1 is 1.31 bits per heavy atom. The molecule has 0 atom stereocenters. The average molecular weight is 227 g/mol. The van der Waals surface area contributed by atoms with Gasteiger partial charge in [-0.05, 0) is 0 Å². The lowest BCUT2D eigenvalue weighted by Gasteiger charge is -2.26. The van der Waals surface area contributed by atoms with Gasteiger partial charge >= 0.3 is 0 Å². The molecule has 0 aromatic carbocycles. The molecule has 1 N–H and O–H groups in total. The van der Waals surface area contributed by atoms with Crippen LogP contribution >= 0.6 is 0 Å². The summed E-state index contributed by atoms with van der Waals surface area (Å²) in [5.74, 6) is 0.229. The van der Waals surface area contributed by atoms with Crippen LogP contribution in [-0.4, -0.2) is 52.6 Å². The number of aromatic hydroxyl groups is 1. The molecule has 1 saturated heterocycles. The average Bonchev–Trinajstić information content (AvgIpc) is 2.77. The second-order valence-electron chi connectivity index (χ2n) is 3.42. The maximum absolute atomic E-state index is 9.07. The second kappa shape index (κ2) is 7.24. The van der Waals surface area contributed by atoms with E-state index < -0.39 is 0 Å². The fraction of sp³-hybridized carbons (Fsp3) is 0.727. The topological polar surface area (TPSA) is 50.5 Å². The van der Waals surface area contributed by atoms with Crippen molar-refractivity contribution in [2.75, 3.05) is 32.8 Å². The molecule has 5 heteroatoms. The number of rotatable bonds is 3. The van der Waals surface area contributed by atoms with Gasteiger partial charge in [0.1, 0.15) is 0 Å². The van der Waals surface area contributed by atoms with Gasteiger partial charge in [-0.1, -0.05) is 13.8 Å². The Morgan fingerprint density at radius 2 is 2.00 bits per heavy atom. The number of aromatic nitrogens is 2. The minimum atomic E-state index is 0.229. The number of nitrogens with zero attached hydrogens (tertiary/aromatic N) is 3. The minimum absolute atomic E-state index is 0.229. The first-order chi connectivity index (χ1) is 7.84. The standard InChI is InChI=1S/C9H15N3O2.C2H6/c13-9-7-10-12(8-9)2-1-11-3-5-14-6-4-11;1-2/h7-8,13H,1-6H2;1-2H3. The number of hydrogen-bond acceptors (Lipinski definition) is 4. The molecule has 0 saturated carbocycles. The van der Waals surface area contributed by atoms with Gasteiger partial charge in [0.05, 0.1) is 32.2 Å². The van der Waals surface area contributed by atoms with Crippen molar-refractivity contribution in [3.63, 3.8) is 0 Å². The maximum atomic E-state index is 9.07. The highest BCUT2D eigenvalue weighted by atomic mass is 16.5. The summed E-state index contributed by atoms with van der Waals surface area (Å²) >= 11 is 0. The van der Waals surface area contributed by atoms with Crippen molar-refractivity contribution in [3.05, 3.63) is 12.4 Å². The Bertz CT molecular complexity index is 283. The fourth-order valence-electron chi connectivity index (χ4n) is 1.54. The van der Waals surface area contributed by atoms with Gasteiger partial charge in [-0.25, -0.2) is 0 Å². The van der Waals surface area contributed by atoms with Crippen molar-refractivity contribution in [2.45, 2.75) is 20.4 Å². The Morgan fingerprint density at radius 3 is 2.56 bits per heavy atom. The summed E-state index contributed by atoms with van der Waals surface area (Å²) < 4.78 is 7.01. The van der Waals surface area contributed by atoms with Crippen LogP contribution in [0.4, 0.5) is 0 Å². The molecule has 5 nitrogen and oxygen atoms in total. The Balaban J connectivity index is 0.000000606. The van der Waals surface area contributed by atoms with Gasteiger partial charge in [0.25, 0.3) is 0 Å². The highest BCUT2D eigenvalue weighted by molar-refractivity contribution is 5.08. The van der Waals surface area contributed by atoms with Gasteiger partial charge in [0.2, 0.25) is 0 Å². The van der Waals surface area contributed by atoms with Crippen LogP contribution in [0.15, 0.2) is 12.4 Å². The summed E-state index contributed by atoms with van der Waals surface area (Å²) in [4.78, 5) is 2.34. The maximum Gasteiger partial charge on any atom is 0.153 e. The summed E-state index contributed by atoms with van der Waals surface area (Å²) in [5, 5.41) is 13.1. The zero-order chi connectivity index (χ0) is 11.8. The van der Waals surface area contributed by atoms with Crippen LogP contribution < -0.4 is 0 Å². The molecule has 2 heterocycles. The van der Waals surface area contributed by atoms with Gasteiger partial charge in [0, 0.05) is 19.6 Å². The number of morpholine rings is 1. The summed E-state index contributed by atoms with van der Waals surface area (Å²) in [6.07, 6.45) is 3.10. The molecular weight excluding hydrogens is 206 g/mol.